The first-order valence-corrected chi connectivity index (χ1v) is 5.36. The van der Waals surface area contributed by atoms with Crippen LogP contribution in [0.1, 0.15) is 13.8 Å². The molecule has 0 aromatic rings. The van der Waals surface area contributed by atoms with Crippen LogP contribution in [0.15, 0.2) is 12.1 Å². The van der Waals surface area contributed by atoms with Crippen molar-refractivity contribution in [3.8, 4) is 0 Å². The van der Waals surface area contributed by atoms with Crippen LogP contribution in [0.2, 0.25) is 0 Å². The lowest BCUT2D eigenvalue weighted by molar-refractivity contribution is 0.146. The summed E-state index contributed by atoms with van der Waals surface area (Å²) in [6.45, 7) is 3.56. The molecule has 0 saturated carbocycles. The summed E-state index contributed by atoms with van der Waals surface area (Å²) in [5.41, 5.74) is -0.642. The van der Waals surface area contributed by atoms with Crippen molar-refractivity contribution in [3.05, 3.63) is 12.1 Å². The fourth-order valence-electron chi connectivity index (χ4n) is 1.36. The lowest BCUT2D eigenvalue weighted by Gasteiger charge is -2.28. The highest BCUT2D eigenvalue weighted by Gasteiger charge is 2.27. The van der Waals surface area contributed by atoms with Crippen LogP contribution in [0.4, 0.5) is 12.9 Å². The Labute approximate surface area is 95.5 Å². The monoisotopic (exact) mass is 238 g/mol. The van der Waals surface area contributed by atoms with E-state index in [1.807, 2.05) is 13.8 Å². The van der Waals surface area contributed by atoms with Gasteiger partial charge in [-0.25, -0.2) is 0 Å². The SMILES string of the molecule is C=C(CN(CCOC)CC(C)C)[B-](F)(F)F. The summed E-state index contributed by atoms with van der Waals surface area (Å²) in [7, 11) is 1.54. The van der Waals surface area contributed by atoms with Crippen molar-refractivity contribution in [2.45, 2.75) is 13.8 Å². The molecule has 96 valence electrons. The molecular weight excluding hydrogens is 218 g/mol. The Kier molecular flexibility index (Phi) is 6.75. The maximum absolute atomic E-state index is 12.4. The summed E-state index contributed by atoms with van der Waals surface area (Å²) in [5, 5.41) is 0. The Balaban J connectivity index is 4.24. The lowest BCUT2D eigenvalue weighted by atomic mass is 9.80. The van der Waals surface area contributed by atoms with E-state index in [2.05, 4.69) is 6.58 Å². The number of ether oxygens (including phenoxy) is 1. The number of nitrogens with zero attached hydrogens (tertiary/aromatic N) is 1. The molecule has 0 atom stereocenters. The van der Waals surface area contributed by atoms with E-state index in [1.165, 1.54) is 7.11 Å². The molecule has 0 aliphatic rings. The number of hydrogen-bond acceptors (Lipinski definition) is 2. The Hall–Kier alpha value is -0.485. The van der Waals surface area contributed by atoms with Crippen molar-refractivity contribution in [2.75, 3.05) is 33.4 Å². The van der Waals surface area contributed by atoms with Crippen molar-refractivity contribution in [3.63, 3.8) is 0 Å². The number of rotatable bonds is 8. The molecule has 6 heteroatoms. The fourth-order valence-corrected chi connectivity index (χ4v) is 1.36. The van der Waals surface area contributed by atoms with E-state index < -0.39 is 12.4 Å². The van der Waals surface area contributed by atoms with Gasteiger partial charge < -0.3 is 17.7 Å². The van der Waals surface area contributed by atoms with Crippen LogP contribution in [0, 0.1) is 5.92 Å². The smallest absolute Gasteiger partial charge is 0.445 e. The van der Waals surface area contributed by atoms with Crippen LogP contribution in [-0.4, -0.2) is 45.2 Å². The molecule has 16 heavy (non-hydrogen) atoms. The van der Waals surface area contributed by atoms with E-state index in [0.717, 1.165) is 0 Å². The van der Waals surface area contributed by atoms with Crippen molar-refractivity contribution in [1.29, 1.82) is 0 Å². The van der Waals surface area contributed by atoms with Crippen molar-refractivity contribution in [1.82, 2.24) is 4.90 Å². The van der Waals surface area contributed by atoms with E-state index in [1.54, 1.807) is 4.90 Å². The summed E-state index contributed by atoms with van der Waals surface area (Å²) in [6.07, 6.45) is 0. The molecule has 0 aliphatic carbocycles. The third-order valence-corrected chi connectivity index (χ3v) is 2.12. The molecule has 0 unspecified atom stereocenters. The topological polar surface area (TPSA) is 12.5 Å². The molecule has 0 bridgehead atoms. The van der Waals surface area contributed by atoms with Gasteiger partial charge in [0.05, 0.1) is 6.61 Å². The van der Waals surface area contributed by atoms with Gasteiger partial charge in [-0.1, -0.05) is 13.8 Å². The summed E-state index contributed by atoms with van der Waals surface area (Å²) >= 11 is 0. The Bertz CT molecular complexity index is 219. The fraction of sp³-hybridized carbons (Fsp3) is 0.800. The molecule has 0 aromatic heterocycles. The molecule has 0 heterocycles. The summed E-state index contributed by atoms with van der Waals surface area (Å²) in [6, 6.07) is 0. The quantitative estimate of drug-likeness (QED) is 0.602. The molecule has 0 saturated heterocycles. The normalized spacial score (nSPS) is 12.5. The van der Waals surface area contributed by atoms with E-state index in [0.29, 0.717) is 25.6 Å². The average Bonchev–Trinajstić information content (AvgIpc) is 2.11. The van der Waals surface area contributed by atoms with Crippen molar-refractivity contribution >= 4 is 6.98 Å². The molecule has 2 nitrogen and oxygen atoms in total. The zero-order chi connectivity index (χ0) is 12.8. The maximum Gasteiger partial charge on any atom is 0.506 e. The molecule has 0 radical (unpaired) electrons. The molecule has 0 rings (SSSR count). The van der Waals surface area contributed by atoms with Gasteiger partial charge >= 0.3 is 6.98 Å². The minimum atomic E-state index is -4.93. The highest BCUT2D eigenvalue weighted by molar-refractivity contribution is 6.66. The highest BCUT2D eigenvalue weighted by Crippen LogP contribution is 2.19. The highest BCUT2D eigenvalue weighted by atomic mass is 19.4. The first-order chi connectivity index (χ1) is 7.27. The molecule has 0 amide bonds. The zero-order valence-electron chi connectivity index (χ0n) is 10.2. The first-order valence-electron chi connectivity index (χ1n) is 5.36. The van der Waals surface area contributed by atoms with E-state index in [-0.39, 0.29) is 6.54 Å². The summed E-state index contributed by atoms with van der Waals surface area (Å²) in [4.78, 5) is 1.73. The minimum Gasteiger partial charge on any atom is -0.445 e. The van der Waals surface area contributed by atoms with Crippen molar-refractivity contribution < 1.29 is 17.7 Å². The van der Waals surface area contributed by atoms with Gasteiger partial charge in [-0.2, -0.15) is 0 Å². The van der Waals surface area contributed by atoms with Gasteiger partial charge in [-0.3, -0.25) is 4.90 Å². The van der Waals surface area contributed by atoms with Crippen LogP contribution < -0.4 is 0 Å². The summed E-state index contributed by atoms with van der Waals surface area (Å²) in [5.74, 6) is 0.324. The van der Waals surface area contributed by atoms with E-state index in [9.17, 15) is 12.9 Å². The number of halogens is 3. The Morgan fingerprint density at radius 1 is 1.38 bits per heavy atom. The van der Waals surface area contributed by atoms with Crippen LogP contribution in [0.3, 0.4) is 0 Å². The Morgan fingerprint density at radius 2 is 1.94 bits per heavy atom. The largest absolute Gasteiger partial charge is 0.506 e. The van der Waals surface area contributed by atoms with Gasteiger partial charge in [0.2, 0.25) is 0 Å². The van der Waals surface area contributed by atoms with E-state index in [4.69, 9.17) is 4.74 Å². The Morgan fingerprint density at radius 3 is 2.31 bits per heavy atom. The van der Waals surface area contributed by atoms with Crippen molar-refractivity contribution in [2.24, 2.45) is 5.92 Å². The maximum atomic E-state index is 12.4. The van der Waals surface area contributed by atoms with Crippen LogP contribution in [0.5, 0.6) is 0 Å². The standard InChI is InChI=1S/C10H20BF3NO/c1-9(2)7-15(5-6-16-4)8-10(3)11(12,13)14/h9H,3,5-8H2,1-2,4H3/q-1. The zero-order valence-corrected chi connectivity index (χ0v) is 10.2. The first kappa shape index (κ1) is 15.5. The van der Waals surface area contributed by atoms with Gasteiger partial charge in [-0.05, 0) is 12.5 Å². The van der Waals surface area contributed by atoms with Gasteiger partial charge in [0.15, 0.2) is 0 Å². The molecule has 0 spiro atoms. The van der Waals surface area contributed by atoms with Gasteiger partial charge in [0, 0.05) is 20.2 Å². The number of methoxy groups -OCH3 is 1. The second kappa shape index (κ2) is 6.96. The van der Waals surface area contributed by atoms with Gasteiger partial charge in [0.25, 0.3) is 0 Å². The third kappa shape index (κ3) is 6.90. The molecule has 0 fully saturated rings. The summed E-state index contributed by atoms with van der Waals surface area (Å²) < 4.78 is 42.0. The van der Waals surface area contributed by atoms with Crippen LogP contribution >= 0.6 is 0 Å². The molecule has 0 aliphatic heterocycles. The van der Waals surface area contributed by atoms with E-state index >= 15 is 0 Å². The molecule has 0 N–H and O–H groups in total. The second-order valence-corrected chi connectivity index (χ2v) is 4.35. The van der Waals surface area contributed by atoms with Crippen LogP contribution in [-0.2, 0) is 4.74 Å². The molecule has 0 aromatic carbocycles. The predicted octanol–water partition coefficient (Wildman–Crippen LogP) is 2.53. The average molecular weight is 238 g/mol. The third-order valence-electron chi connectivity index (χ3n) is 2.12. The predicted molar refractivity (Wildman–Crippen MR) is 61.4 cm³/mol. The van der Waals surface area contributed by atoms with Crippen LogP contribution in [0.25, 0.3) is 0 Å². The van der Waals surface area contributed by atoms with Gasteiger partial charge in [0.1, 0.15) is 0 Å². The lowest BCUT2D eigenvalue weighted by Crippen LogP contribution is -2.36. The van der Waals surface area contributed by atoms with Gasteiger partial charge in [-0.15, -0.1) is 12.1 Å². The molecular formula is C10H20BF3NO-. The second-order valence-electron chi connectivity index (χ2n) is 4.35. The minimum absolute atomic E-state index is 0.120. The number of hydrogen-bond donors (Lipinski definition) is 0.